The van der Waals surface area contributed by atoms with Crippen molar-refractivity contribution in [3.63, 3.8) is 0 Å². The van der Waals surface area contributed by atoms with Gasteiger partial charge in [-0.05, 0) is 43.7 Å². The summed E-state index contributed by atoms with van der Waals surface area (Å²) in [4.78, 5) is 22.1. The van der Waals surface area contributed by atoms with Crippen molar-refractivity contribution in [2.24, 2.45) is 0 Å². The molecule has 0 atom stereocenters. The fourth-order valence-corrected chi connectivity index (χ4v) is 6.35. The Labute approximate surface area is 270 Å². The summed E-state index contributed by atoms with van der Waals surface area (Å²) in [6, 6.07) is 7.95. The van der Waals surface area contributed by atoms with Crippen molar-refractivity contribution in [1.29, 1.82) is 0 Å². The number of hydrogen-bond donors (Lipinski definition) is 1. The Morgan fingerprint density at radius 3 is 2.57 bits per heavy atom. The minimum absolute atomic E-state index is 0.461. The van der Waals surface area contributed by atoms with Crippen molar-refractivity contribution >= 4 is 29.6 Å². The lowest BCUT2D eigenvalue weighted by atomic mass is 10.0. The van der Waals surface area contributed by atoms with E-state index in [2.05, 4.69) is 39.6 Å². The third-order valence-electron chi connectivity index (χ3n) is 9.18. The Balaban J connectivity index is 1.19. The summed E-state index contributed by atoms with van der Waals surface area (Å²) in [5, 5.41) is 9.64. The fraction of sp³-hybridized carbons (Fsp3) is 0.471. The normalized spacial score (nSPS) is 16.3. The minimum Gasteiger partial charge on any atom is -0.499 e. The van der Waals surface area contributed by atoms with Crippen LogP contribution in [0.25, 0.3) is 18.0 Å². The number of piperazine rings is 1. The lowest BCUT2D eigenvalue weighted by molar-refractivity contribution is 0.250. The SMILES string of the molecule is C=c1/c(=C(\C)OC)nc(NCc2ccc(OC)cc2OC)n2nc(CCN3CCc4c(N5CCN(CC)CC5)ccnc4C3)nc12. The third kappa shape index (κ3) is 6.45. The van der Waals surface area contributed by atoms with Crippen LogP contribution in [-0.2, 0) is 30.7 Å². The van der Waals surface area contributed by atoms with Crippen LogP contribution in [-0.4, -0.2) is 102 Å². The first-order valence-electron chi connectivity index (χ1n) is 16.0. The number of ether oxygens (including phenoxy) is 3. The summed E-state index contributed by atoms with van der Waals surface area (Å²) >= 11 is 0. The van der Waals surface area contributed by atoms with Crippen molar-refractivity contribution in [2.75, 3.05) is 77.4 Å². The van der Waals surface area contributed by atoms with Crippen molar-refractivity contribution in [2.45, 2.75) is 39.8 Å². The van der Waals surface area contributed by atoms with Crippen LogP contribution in [0.1, 0.15) is 36.5 Å². The molecule has 3 aromatic heterocycles. The summed E-state index contributed by atoms with van der Waals surface area (Å²) in [5.74, 6) is 3.40. The van der Waals surface area contributed by atoms with Gasteiger partial charge >= 0.3 is 0 Å². The number of methoxy groups -OCH3 is 3. The maximum Gasteiger partial charge on any atom is 0.226 e. The van der Waals surface area contributed by atoms with Gasteiger partial charge in [0.1, 0.15) is 22.6 Å². The molecule has 1 fully saturated rings. The van der Waals surface area contributed by atoms with Gasteiger partial charge in [0.2, 0.25) is 5.95 Å². The third-order valence-corrected chi connectivity index (χ3v) is 9.18. The molecule has 0 bridgehead atoms. The van der Waals surface area contributed by atoms with Crippen LogP contribution in [0.15, 0.2) is 30.5 Å². The maximum absolute atomic E-state index is 5.60. The second kappa shape index (κ2) is 13.9. The van der Waals surface area contributed by atoms with Crippen LogP contribution in [0.5, 0.6) is 11.5 Å². The van der Waals surface area contributed by atoms with Crippen LogP contribution in [0.3, 0.4) is 0 Å². The van der Waals surface area contributed by atoms with Crippen LogP contribution < -0.4 is 30.3 Å². The first-order valence-corrected chi connectivity index (χ1v) is 16.0. The van der Waals surface area contributed by atoms with Gasteiger partial charge in [-0.15, -0.1) is 5.10 Å². The average Bonchev–Trinajstić information content (AvgIpc) is 3.55. The van der Waals surface area contributed by atoms with Gasteiger partial charge in [0.15, 0.2) is 11.5 Å². The number of pyridine rings is 1. The van der Waals surface area contributed by atoms with Gasteiger partial charge in [-0.2, -0.15) is 4.52 Å². The zero-order valence-corrected chi connectivity index (χ0v) is 27.7. The highest BCUT2D eigenvalue weighted by Crippen LogP contribution is 2.29. The number of hydrogen-bond acceptors (Lipinski definition) is 11. The van der Waals surface area contributed by atoms with Crippen LogP contribution in [0, 0.1) is 0 Å². The molecule has 1 saturated heterocycles. The Morgan fingerprint density at radius 2 is 1.83 bits per heavy atom. The second-order valence-corrected chi connectivity index (χ2v) is 11.8. The van der Waals surface area contributed by atoms with Gasteiger partial charge in [0, 0.05) is 87.5 Å². The molecule has 12 nitrogen and oxygen atoms in total. The average molecular weight is 628 g/mol. The molecule has 0 amide bonds. The number of nitrogens with one attached hydrogen (secondary N) is 1. The fourth-order valence-electron chi connectivity index (χ4n) is 6.35. The molecule has 1 N–H and O–H groups in total. The van der Waals surface area contributed by atoms with Crippen molar-refractivity contribution < 1.29 is 14.2 Å². The Bertz CT molecular complexity index is 1800. The highest BCUT2D eigenvalue weighted by molar-refractivity contribution is 5.56. The Morgan fingerprint density at radius 1 is 1.00 bits per heavy atom. The summed E-state index contributed by atoms with van der Waals surface area (Å²) < 4.78 is 18.2. The van der Waals surface area contributed by atoms with Gasteiger partial charge in [0.05, 0.1) is 27.0 Å². The molecule has 6 rings (SSSR count). The molecule has 4 aromatic rings. The van der Waals surface area contributed by atoms with Crippen molar-refractivity contribution in [3.05, 3.63) is 63.7 Å². The highest BCUT2D eigenvalue weighted by atomic mass is 16.5. The van der Waals surface area contributed by atoms with E-state index in [0.29, 0.717) is 40.9 Å². The monoisotopic (exact) mass is 627 g/mol. The topological polar surface area (TPSA) is 105 Å². The van der Waals surface area contributed by atoms with E-state index in [1.165, 1.54) is 16.9 Å². The van der Waals surface area contributed by atoms with E-state index in [4.69, 9.17) is 34.3 Å². The predicted octanol–water partition coefficient (Wildman–Crippen LogP) is 2.08. The zero-order valence-electron chi connectivity index (χ0n) is 27.7. The molecular formula is C34H45N9O3. The maximum atomic E-state index is 5.60. The largest absolute Gasteiger partial charge is 0.499 e. The van der Waals surface area contributed by atoms with Crippen LogP contribution >= 0.6 is 0 Å². The number of rotatable bonds is 11. The van der Waals surface area contributed by atoms with Gasteiger partial charge < -0.3 is 29.3 Å². The summed E-state index contributed by atoms with van der Waals surface area (Å²) in [7, 11) is 4.92. The summed E-state index contributed by atoms with van der Waals surface area (Å²) in [5.41, 5.74) is 5.56. The second-order valence-electron chi connectivity index (χ2n) is 11.8. The number of benzene rings is 1. The van der Waals surface area contributed by atoms with E-state index in [-0.39, 0.29) is 0 Å². The molecule has 0 radical (unpaired) electrons. The van der Waals surface area contributed by atoms with E-state index in [0.717, 1.165) is 81.7 Å². The van der Waals surface area contributed by atoms with Gasteiger partial charge in [-0.25, -0.2) is 9.97 Å². The van der Waals surface area contributed by atoms with E-state index in [1.54, 1.807) is 25.8 Å². The number of aromatic nitrogens is 5. The minimum atomic E-state index is 0.461. The van der Waals surface area contributed by atoms with Crippen molar-refractivity contribution in [1.82, 2.24) is 34.4 Å². The lowest BCUT2D eigenvalue weighted by Gasteiger charge is -2.38. The van der Waals surface area contributed by atoms with E-state index < -0.39 is 0 Å². The summed E-state index contributed by atoms with van der Waals surface area (Å²) in [6.07, 6.45) is 3.67. The highest BCUT2D eigenvalue weighted by Gasteiger charge is 2.25. The first kappa shape index (κ1) is 31.6. The van der Waals surface area contributed by atoms with Gasteiger partial charge in [0.25, 0.3) is 0 Å². The standard InChI is InChI=1S/C34H45N9O3/c1-7-40-16-18-42(19-17-40)29-10-13-35-28-22-41(14-11-27(28)29)15-12-31-37-33-23(2)32(24(3)44-4)38-34(43(33)39-31)36-21-25-8-9-26(45-5)20-30(25)46-6/h8-10,13,20H,2,7,11-12,14-19,21-22H2,1,3-6H3,(H,36,38)/b32-24-. The molecule has 0 spiro atoms. The molecular weight excluding hydrogens is 582 g/mol. The number of anilines is 2. The van der Waals surface area contributed by atoms with Crippen LogP contribution in [0.2, 0.25) is 0 Å². The molecule has 12 heteroatoms. The number of likely N-dealkylation sites (N-methyl/N-ethyl adjacent to an activating group) is 1. The number of nitrogens with zero attached hydrogens (tertiary/aromatic N) is 8. The van der Waals surface area contributed by atoms with E-state index >= 15 is 0 Å². The predicted molar refractivity (Wildman–Crippen MR) is 180 cm³/mol. The molecule has 5 heterocycles. The molecule has 0 aliphatic carbocycles. The van der Waals surface area contributed by atoms with E-state index in [1.807, 2.05) is 31.3 Å². The Hall–Kier alpha value is -4.42. The smallest absolute Gasteiger partial charge is 0.226 e. The van der Waals surface area contributed by atoms with Gasteiger partial charge in [-0.1, -0.05) is 13.5 Å². The first-order chi connectivity index (χ1) is 22.4. The quantitative estimate of drug-likeness (QED) is 0.264. The molecule has 2 aliphatic rings. The molecule has 0 unspecified atom stereocenters. The van der Waals surface area contributed by atoms with Crippen LogP contribution in [0.4, 0.5) is 11.6 Å². The number of fused-ring (bicyclic) bond motifs is 2. The molecule has 46 heavy (non-hydrogen) atoms. The Kier molecular flexibility index (Phi) is 9.55. The molecule has 244 valence electrons. The van der Waals surface area contributed by atoms with Gasteiger partial charge in [-0.3, -0.25) is 9.88 Å². The molecule has 0 saturated carbocycles. The van der Waals surface area contributed by atoms with E-state index in [9.17, 15) is 0 Å². The van der Waals surface area contributed by atoms with Crippen molar-refractivity contribution in [3.8, 4) is 11.5 Å². The lowest BCUT2D eigenvalue weighted by Crippen LogP contribution is -2.47. The zero-order chi connectivity index (χ0) is 32.2. The molecule has 2 aliphatic heterocycles. The summed E-state index contributed by atoms with van der Waals surface area (Å²) in [6.45, 7) is 17.0. The molecule has 1 aromatic carbocycles.